The lowest BCUT2D eigenvalue weighted by Gasteiger charge is -2.30. The molecule has 1 fully saturated rings. The number of methoxy groups -OCH3 is 1. The van der Waals surface area contributed by atoms with Gasteiger partial charge in [0.1, 0.15) is 6.10 Å². The van der Waals surface area contributed by atoms with Crippen molar-refractivity contribution in [2.75, 3.05) is 20.3 Å². The molecule has 1 aliphatic rings. The first kappa shape index (κ1) is 32.2. The highest BCUT2D eigenvalue weighted by Crippen LogP contribution is 2.17. The molecule has 0 amide bonds. The Morgan fingerprint density at radius 2 is 1.36 bits per heavy atom. The average molecular weight is 477 g/mol. The quantitative estimate of drug-likeness (QED) is 0.270. The molecule has 0 bridgehead atoms. The van der Waals surface area contributed by atoms with E-state index in [1.165, 1.54) is 7.11 Å². The topological polar surface area (TPSA) is 163 Å². The van der Waals surface area contributed by atoms with Crippen LogP contribution in [-0.4, -0.2) is 72.6 Å². The van der Waals surface area contributed by atoms with E-state index in [4.69, 9.17) is 24.4 Å². The van der Waals surface area contributed by atoms with Gasteiger partial charge in [0.2, 0.25) is 0 Å². The van der Waals surface area contributed by atoms with Gasteiger partial charge in [-0.1, -0.05) is 20.8 Å². The second-order valence-corrected chi connectivity index (χ2v) is 6.76. The summed E-state index contributed by atoms with van der Waals surface area (Å²) in [7, 11) is 1.18. The third kappa shape index (κ3) is 20.7. The Balaban J connectivity index is 0. The molecule has 2 unspecified atom stereocenters. The summed E-state index contributed by atoms with van der Waals surface area (Å²) >= 11 is 0. The molecular formula is C22H36O11. The minimum absolute atomic E-state index is 0.235. The molecule has 0 aromatic heterocycles. The van der Waals surface area contributed by atoms with E-state index in [2.05, 4.69) is 4.74 Å². The van der Waals surface area contributed by atoms with Crippen molar-refractivity contribution >= 4 is 29.8 Å². The van der Waals surface area contributed by atoms with E-state index in [0.717, 1.165) is 25.3 Å². The molecule has 2 N–H and O–H groups in total. The Kier molecular flexibility index (Phi) is 20.4. The molecule has 2 atom stereocenters. The first-order valence-corrected chi connectivity index (χ1v) is 10.8. The molecule has 1 heterocycles. The molecule has 11 nitrogen and oxygen atoms in total. The van der Waals surface area contributed by atoms with Crippen molar-refractivity contribution in [3.63, 3.8) is 0 Å². The Morgan fingerprint density at radius 3 is 1.76 bits per heavy atom. The predicted molar refractivity (Wildman–Crippen MR) is 116 cm³/mol. The first-order chi connectivity index (χ1) is 15.6. The molecule has 1 aliphatic heterocycles. The van der Waals surface area contributed by atoms with Gasteiger partial charge in [-0.3, -0.25) is 14.4 Å². The number of hydrogen-bond donors (Lipinski definition) is 2. The van der Waals surface area contributed by atoms with Gasteiger partial charge in [0.05, 0.1) is 20.3 Å². The number of hydrogen-bond acceptors (Lipinski definition) is 9. The lowest BCUT2D eigenvalue weighted by Crippen LogP contribution is -2.43. The molecule has 190 valence electrons. The van der Waals surface area contributed by atoms with Crippen LogP contribution in [0.5, 0.6) is 0 Å². The Labute approximate surface area is 194 Å². The van der Waals surface area contributed by atoms with E-state index < -0.39 is 24.0 Å². The summed E-state index contributed by atoms with van der Waals surface area (Å²) in [5.74, 6) is -3.04. The van der Waals surface area contributed by atoms with Gasteiger partial charge >= 0.3 is 29.8 Å². The van der Waals surface area contributed by atoms with Crippen LogP contribution in [0.2, 0.25) is 0 Å². The highest BCUT2D eigenvalue weighted by molar-refractivity contribution is 5.90. The molecule has 0 aromatic carbocycles. The van der Waals surface area contributed by atoms with Crippen molar-refractivity contribution < 1.29 is 53.1 Å². The van der Waals surface area contributed by atoms with E-state index in [1.807, 2.05) is 20.8 Å². The van der Waals surface area contributed by atoms with Crippen molar-refractivity contribution in [1.82, 2.24) is 0 Å². The van der Waals surface area contributed by atoms with Crippen molar-refractivity contribution in [2.24, 2.45) is 0 Å². The maximum absolute atomic E-state index is 11.5. The molecule has 0 spiro atoms. The average Bonchev–Trinajstić information content (AvgIpc) is 2.74. The number of rotatable bonds is 10. The van der Waals surface area contributed by atoms with Crippen molar-refractivity contribution in [3.05, 3.63) is 12.2 Å². The fourth-order valence-corrected chi connectivity index (χ4v) is 2.22. The SMILES string of the molecule is CCCC(=O)O.CCCC(=O)OC1CCOCC1OC(=O)CCC.COC(=O)/C=C/C(=O)O. The predicted octanol–water partition coefficient (Wildman–Crippen LogP) is 2.50. The summed E-state index contributed by atoms with van der Waals surface area (Å²) < 4.78 is 20.0. The summed E-state index contributed by atoms with van der Waals surface area (Å²) in [6.45, 7) is 6.51. The summed E-state index contributed by atoms with van der Waals surface area (Å²) in [6, 6.07) is 0. The van der Waals surface area contributed by atoms with E-state index >= 15 is 0 Å². The third-order valence-electron chi connectivity index (χ3n) is 3.74. The summed E-state index contributed by atoms with van der Waals surface area (Å²) in [5.41, 5.74) is 0. The number of carbonyl (C=O) groups is 5. The molecule has 1 saturated heterocycles. The summed E-state index contributed by atoms with van der Waals surface area (Å²) in [6.07, 6.45) is 4.61. The second-order valence-electron chi connectivity index (χ2n) is 6.76. The molecule has 0 aliphatic carbocycles. The van der Waals surface area contributed by atoms with Gasteiger partial charge in [0.15, 0.2) is 6.10 Å². The van der Waals surface area contributed by atoms with E-state index in [1.54, 1.807) is 0 Å². The first-order valence-electron chi connectivity index (χ1n) is 10.8. The van der Waals surface area contributed by atoms with Crippen molar-refractivity contribution in [3.8, 4) is 0 Å². The van der Waals surface area contributed by atoms with Crippen LogP contribution in [0.4, 0.5) is 0 Å². The number of carbonyl (C=O) groups excluding carboxylic acids is 3. The maximum atomic E-state index is 11.5. The second kappa shape index (κ2) is 20.9. The molecule has 1 rings (SSSR count). The van der Waals surface area contributed by atoms with Gasteiger partial charge in [-0.2, -0.15) is 0 Å². The van der Waals surface area contributed by atoms with Crippen LogP contribution in [-0.2, 0) is 42.9 Å². The minimum atomic E-state index is -1.17. The monoisotopic (exact) mass is 476 g/mol. The Morgan fingerprint density at radius 1 is 0.848 bits per heavy atom. The maximum Gasteiger partial charge on any atom is 0.330 e. The highest BCUT2D eigenvalue weighted by Gasteiger charge is 2.31. The summed E-state index contributed by atoms with van der Waals surface area (Å²) in [5, 5.41) is 15.9. The zero-order valence-electron chi connectivity index (χ0n) is 19.7. The molecular weight excluding hydrogens is 440 g/mol. The van der Waals surface area contributed by atoms with Crippen molar-refractivity contribution in [2.45, 2.75) is 77.9 Å². The van der Waals surface area contributed by atoms with Crippen LogP contribution < -0.4 is 0 Å². The third-order valence-corrected chi connectivity index (χ3v) is 3.74. The zero-order valence-corrected chi connectivity index (χ0v) is 19.7. The standard InChI is InChI=1S/C13H22O5.C5H6O4.C4H8O2/c1-3-5-12(14)17-10-7-8-16-9-11(10)18-13(15)6-4-2;1-9-5(8)3-2-4(6)7;1-2-3-4(5)6/h10-11H,3-9H2,1-2H3;2-3H,1H3,(H,6,7);2-3H2,1H3,(H,5,6)/b;3-2+;. The largest absolute Gasteiger partial charge is 0.481 e. The van der Waals surface area contributed by atoms with Gasteiger partial charge in [0, 0.05) is 37.8 Å². The molecule has 11 heteroatoms. The smallest absolute Gasteiger partial charge is 0.330 e. The van der Waals surface area contributed by atoms with Gasteiger partial charge in [-0.15, -0.1) is 0 Å². The fourth-order valence-electron chi connectivity index (χ4n) is 2.22. The van der Waals surface area contributed by atoms with Gasteiger partial charge in [-0.25, -0.2) is 9.59 Å². The number of ether oxygens (including phenoxy) is 4. The van der Waals surface area contributed by atoms with Crippen molar-refractivity contribution in [1.29, 1.82) is 0 Å². The van der Waals surface area contributed by atoms with E-state index in [-0.39, 0.29) is 18.0 Å². The summed E-state index contributed by atoms with van der Waals surface area (Å²) in [4.78, 5) is 52.4. The molecule has 33 heavy (non-hydrogen) atoms. The van der Waals surface area contributed by atoms with Crippen LogP contribution >= 0.6 is 0 Å². The fraction of sp³-hybridized carbons (Fsp3) is 0.682. The minimum Gasteiger partial charge on any atom is -0.481 e. The van der Waals surface area contributed by atoms with Crippen LogP contribution in [0.1, 0.15) is 65.7 Å². The molecule has 0 saturated carbocycles. The Hall–Kier alpha value is -2.95. The van der Waals surface area contributed by atoms with Crippen LogP contribution in [0.15, 0.2) is 12.2 Å². The molecule has 0 radical (unpaired) electrons. The lowest BCUT2D eigenvalue weighted by molar-refractivity contribution is -0.182. The molecule has 0 aromatic rings. The lowest BCUT2D eigenvalue weighted by atomic mass is 10.1. The Bertz CT molecular complexity index is 600. The number of carboxylic acids is 2. The van der Waals surface area contributed by atoms with Gasteiger partial charge in [-0.05, 0) is 19.3 Å². The normalized spacial score (nSPS) is 16.8. The van der Waals surface area contributed by atoms with Crippen LogP contribution in [0.3, 0.4) is 0 Å². The van der Waals surface area contributed by atoms with E-state index in [0.29, 0.717) is 45.0 Å². The number of aliphatic carboxylic acids is 2. The van der Waals surface area contributed by atoms with Crippen LogP contribution in [0, 0.1) is 0 Å². The number of esters is 3. The highest BCUT2D eigenvalue weighted by atomic mass is 16.6. The van der Waals surface area contributed by atoms with Gasteiger partial charge < -0.3 is 29.2 Å². The number of carboxylic acid groups (broad SMARTS) is 2. The van der Waals surface area contributed by atoms with E-state index in [9.17, 15) is 24.0 Å². The van der Waals surface area contributed by atoms with Crippen LogP contribution in [0.25, 0.3) is 0 Å². The zero-order chi connectivity index (χ0) is 25.6. The van der Waals surface area contributed by atoms with Gasteiger partial charge in [0.25, 0.3) is 0 Å².